The van der Waals surface area contributed by atoms with Crippen LogP contribution in [0.25, 0.3) is 44.0 Å². The van der Waals surface area contributed by atoms with Gasteiger partial charge in [-0.05, 0) is 22.9 Å². The molecule has 0 atom stereocenters. The second-order valence-corrected chi connectivity index (χ2v) is 6.67. The number of rotatable bonds is 2. The Bertz CT molecular complexity index is 1350. The average molecular weight is 352 g/mol. The number of benzene rings is 4. The van der Waals surface area contributed by atoms with E-state index in [1.54, 1.807) is 12.1 Å². The maximum atomic E-state index is 11.1. The van der Waals surface area contributed by atoms with Gasteiger partial charge in [-0.1, -0.05) is 60.7 Å². The number of hydrogen-bond acceptors (Lipinski definition) is 2. The Hall–Kier alpha value is -3.66. The van der Waals surface area contributed by atoms with E-state index in [1.165, 1.54) is 10.8 Å². The molecule has 0 aliphatic carbocycles. The molecule has 0 fully saturated rings. The molecule has 4 aromatic carbocycles. The third-order valence-corrected chi connectivity index (χ3v) is 5.14. The largest absolute Gasteiger partial charge is 0.478 e. The molecule has 4 heteroatoms. The van der Waals surface area contributed by atoms with Crippen molar-refractivity contribution in [1.29, 1.82) is 0 Å². The van der Waals surface area contributed by atoms with Crippen LogP contribution in [0.3, 0.4) is 0 Å². The molecule has 4 nitrogen and oxygen atoms in total. The van der Waals surface area contributed by atoms with Gasteiger partial charge >= 0.3 is 5.97 Å². The van der Waals surface area contributed by atoms with Gasteiger partial charge in [0.05, 0.1) is 16.6 Å². The molecule has 5 aromatic rings. The van der Waals surface area contributed by atoms with Gasteiger partial charge < -0.3 is 9.67 Å². The normalized spacial score (nSPS) is 11.4. The lowest BCUT2D eigenvalue weighted by atomic mass is 10.00. The summed E-state index contributed by atoms with van der Waals surface area (Å²) in [4.78, 5) is 16.1. The Morgan fingerprint density at radius 2 is 1.37 bits per heavy atom. The van der Waals surface area contributed by atoms with E-state index in [1.807, 2.05) is 31.3 Å². The molecule has 0 saturated carbocycles. The maximum Gasteiger partial charge on any atom is 0.335 e. The summed E-state index contributed by atoms with van der Waals surface area (Å²) in [5.74, 6) is -0.105. The average Bonchev–Trinajstić information content (AvgIpc) is 3.06. The van der Waals surface area contributed by atoms with Crippen LogP contribution in [0.2, 0.25) is 0 Å². The lowest BCUT2D eigenvalue weighted by molar-refractivity contribution is 0.0697. The van der Waals surface area contributed by atoms with Gasteiger partial charge in [0.1, 0.15) is 5.82 Å². The number of carboxylic acids is 1. The van der Waals surface area contributed by atoms with Crippen molar-refractivity contribution in [3.63, 3.8) is 0 Å². The summed E-state index contributed by atoms with van der Waals surface area (Å²) in [6.07, 6.45) is 0. The summed E-state index contributed by atoms with van der Waals surface area (Å²) < 4.78 is 2.10. The molecule has 1 heterocycles. The van der Waals surface area contributed by atoms with Crippen molar-refractivity contribution in [3.8, 4) is 11.4 Å². The number of nitrogens with zero attached hydrogens (tertiary/aromatic N) is 2. The van der Waals surface area contributed by atoms with Crippen molar-refractivity contribution in [2.75, 3.05) is 0 Å². The van der Waals surface area contributed by atoms with Crippen LogP contribution in [0.15, 0.2) is 72.8 Å². The van der Waals surface area contributed by atoms with Crippen molar-refractivity contribution < 1.29 is 9.90 Å². The number of fused-ring (bicyclic) bond motifs is 6. The molecule has 0 amide bonds. The Balaban J connectivity index is 1.89. The first-order valence-electron chi connectivity index (χ1n) is 8.75. The fraction of sp³-hybridized carbons (Fsp3) is 0.0435. The zero-order valence-corrected chi connectivity index (χ0v) is 14.7. The van der Waals surface area contributed by atoms with E-state index in [4.69, 9.17) is 10.1 Å². The van der Waals surface area contributed by atoms with Crippen LogP contribution in [0.5, 0.6) is 0 Å². The Labute approximate surface area is 155 Å². The van der Waals surface area contributed by atoms with Crippen LogP contribution in [0.4, 0.5) is 0 Å². The molecule has 0 radical (unpaired) electrons. The standard InChI is InChI=1S/C23H16N2O2/c1-25-21-19-9-5-3-7-17(19)16-6-2-4-8-18(16)20(21)24-22(25)14-10-12-15(13-11-14)23(26)27/h2-13H,1H3,(H,26,27). The quantitative estimate of drug-likeness (QED) is 0.442. The minimum atomic E-state index is -0.927. The summed E-state index contributed by atoms with van der Waals surface area (Å²) in [7, 11) is 2.01. The molecular formula is C23H16N2O2. The van der Waals surface area contributed by atoms with Gasteiger partial charge in [-0.25, -0.2) is 9.78 Å². The van der Waals surface area contributed by atoms with Gasteiger partial charge in [-0.2, -0.15) is 0 Å². The molecule has 130 valence electrons. The molecule has 5 rings (SSSR count). The number of carbonyl (C=O) groups is 1. The van der Waals surface area contributed by atoms with E-state index >= 15 is 0 Å². The highest BCUT2D eigenvalue weighted by atomic mass is 16.4. The van der Waals surface area contributed by atoms with Crippen LogP contribution in [0.1, 0.15) is 10.4 Å². The Morgan fingerprint density at radius 3 is 2.00 bits per heavy atom. The summed E-state index contributed by atoms with van der Waals surface area (Å²) in [6, 6.07) is 23.6. The van der Waals surface area contributed by atoms with E-state index < -0.39 is 5.97 Å². The van der Waals surface area contributed by atoms with Crippen LogP contribution in [-0.2, 0) is 7.05 Å². The molecule has 0 spiro atoms. The van der Waals surface area contributed by atoms with E-state index in [-0.39, 0.29) is 5.56 Å². The summed E-state index contributed by atoms with van der Waals surface area (Å²) in [6.45, 7) is 0. The molecule has 0 aliphatic rings. The van der Waals surface area contributed by atoms with Crippen LogP contribution in [0, 0.1) is 0 Å². The predicted octanol–water partition coefficient (Wildman–Crippen LogP) is 5.24. The summed E-state index contributed by atoms with van der Waals surface area (Å²) in [5, 5.41) is 13.8. The number of hydrogen-bond donors (Lipinski definition) is 1. The lowest BCUT2D eigenvalue weighted by Crippen LogP contribution is -1.97. The number of aromatic carboxylic acids is 1. The molecule has 0 aliphatic heterocycles. The fourth-order valence-corrected chi connectivity index (χ4v) is 3.86. The van der Waals surface area contributed by atoms with Crippen molar-refractivity contribution in [1.82, 2.24) is 9.55 Å². The third kappa shape index (κ3) is 2.23. The predicted molar refractivity (Wildman–Crippen MR) is 108 cm³/mol. The summed E-state index contributed by atoms with van der Waals surface area (Å²) in [5.41, 5.74) is 3.21. The second kappa shape index (κ2) is 5.68. The zero-order chi connectivity index (χ0) is 18.5. The minimum absolute atomic E-state index is 0.272. The molecule has 1 N–H and O–H groups in total. The number of carboxylic acid groups (broad SMARTS) is 1. The third-order valence-electron chi connectivity index (χ3n) is 5.14. The first kappa shape index (κ1) is 15.6. The number of aryl methyl sites for hydroxylation is 1. The highest BCUT2D eigenvalue weighted by molar-refractivity contribution is 6.23. The molecule has 0 unspecified atom stereocenters. The lowest BCUT2D eigenvalue weighted by Gasteiger charge is -2.08. The Kier molecular flexibility index (Phi) is 3.28. The van der Waals surface area contributed by atoms with Gasteiger partial charge in [0.25, 0.3) is 0 Å². The Morgan fingerprint density at radius 1 is 0.815 bits per heavy atom. The van der Waals surface area contributed by atoms with E-state index in [0.717, 1.165) is 33.2 Å². The van der Waals surface area contributed by atoms with Crippen molar-refractivity contribution in [2.24, 2.45) is 7.05 Å². The van der Waals surface area contributed by atoms with E-state index in [2.05, 4.69) is 41.0 Å². The highest BCUT2D eigenvalue weighted by Gasteiger charge is 2.16. The number of imidazole rings is 1. The van der Waals surface area contributed by atoms with Gasteiger partial charge in [0, 0.05) is 23.4 Å². The smallest absolute Gasteiger partial charge is 0.335 e. The first-order chi connectivity index (χ1) is 13.1. The van der Waals surface area contributed by atoms with Gasteiger partial charge in [-0.3, -0.25) is 0 Å². The monoisotopic (exact) mass is 352 g/mol. The van der Waals surface area contributed by atoms with Gasteiger partial charge in [0.2, 0.25) is 0 Å². The SMILES string of the molecule is Cn1c(-c2ccc(C(=O)O)cc2)nc2c3ccccc3c3ccccc3c21. The zero-order valence-electron chi connectivity index (χ0n) is 14.7. The number of aromatic nitrogens is 2. The van der Waals surface area contributed by atoms with Crippen molar-refractivity contribution in [3.05, 3.63) is 78.4 Å². The first-order valence-corrected chi connectivity index (χ1v) is 8.75. The highest BCUT2D eigenvalue weighted by Crippen LogP contribution is 2.36. The molecule has 0 bridgehead atoms. The van der Waals surface area contributed by atoms with E-state index in [9.17, 15) is 4.79 Å². The summed E-state index contributed by atoms with van der Waals surface area (Å²) >= 11 is 0. The van der Waals surface area contributed by atoms with Crippen LogP contribution < -0.4 is 0 Å². The fourth-order valence-electron chi connectivity index (χ4n) is 3.86. The van der Waals surface area contributed by atoms with E-state index in [0.29, 0.717) is 0 Å². The molecular weight excluding hydrogens is 336 g/mol. The minimum Gasteiger partial charge on any atom is -0.478 e. The van der Waals surface area contributed by atoms with Gasteiger partial charge in [0.15, 0.2) is 0 Å². The molecule has 0 saturated heterocycles. The topological polar surface area (TPSA) is 55.1 Å². The van der Waals surface area contributed by atoms with Gasteiger partial charge in [-0.15, -0.1) is 0 Å². The second-order valence-electron chi connectivity index (χ2n) is 6.67. The maximum absolute atomic E-state index is 11.1. The molecule has 27 heavy (non-hydrogen) atoms. The molecule has 1 aromatic heterocycles. The van der Waals surface area contributed by atoms with Crippen LogP contribution >= 0.6 is 0 Å². The van der Waals surface area contributed by atoms with Crippen molar-refractivity contribution >= 4 is 38.5 Å². The van der Waals surface area contributed by atoms with Crippen molar-refractivity contribution in [2.45, 2.75) is 0 Å². The van der Waals surface area contributed by atoms with Crippen LogP contribution in [-0.4, -0.2) is 20.6 Å².